The van der Waals surface area contributed by atoms with Crippen molar-refractivity contribution in [3.63, 3.8) is 0 Å². The van der Waals surface area contributed by atoms with E-state index in [1.54, 1.807) is 6.08 Å². The second-order valence-electron chi connectivity index (χ2n) is 5.21. The number of fused-ring (bicyclic) bond motifs is 1. The maximum absolute atomic E-state index is 13.1. The number of nitrogens with one attached hydrogen (secondary N) is 1. The van der Waals surface area contributed by atoms with E-state index in [1.807, 2.05) is 18.2 Å². The molecule has 2 nitrogen and oxygen atoms in total. The fourth-order valence-electron chi connectivity index (χ4n) is 2.64. The third-order valence-electron chi connectivity index (χ3n) is 3.78. The molecule has 2 aliphatic rings. The quantitative estimate of drug-likeness (QED) is 0.821. The van der Waals surface area contributed by atoms with Crippen molar-refractivity contribution >= 4 is 17.2 Å². The summed E-state index contributed by atoms with van der Waals surface area (Å²) in [6, 6.07) is 5.79. The lowest BCUT2D eigenvalue weighted by Crippen LogP contribution is -2.20. The van der Waals surface area contributed by atoms with Crippen LogP contribution in [0.1, 0.15) is 36.8 Å². The number of aryl methyl sites for hydroxylation is 1. The Balaban J connectivity index is 1.87. The van der Waals surface area contributed by atoms with Gasteiger partial charge in [0, 0.05) is 24.9 Å². The number of carbonyl (C=O) groups excluding carboxylic acids is 1. The van der Waals surface area contributed by atoms with Crippen molar-refractivity contribution in [2.45, 2.75) is 38.0 Å². The smallest absolute Gasteiger partial charge is 0.251 e. The van der Waals surface area contributed by atoms with Gasteiger partial charge < -0.3 is 5.32 Å². The third kappa shape index (κ3) is 2.53. The summed E-state index contributed by atoms with van der Waals surface area (Å²) < 4.78 is 26.2. The highest BCUT2D eigenvalue weighted by Gasteiger charge is 2.31. The largest absolute Gasteiger partial charge is 0.326 e. The second-order valence-corrected chi connectivity index (χ2v) is 5.21. The van der Waals surface area contributed by atoms with Crippen LogP contribution in [0.5, 0.6) is 0 Å². The first-order valence-electron chi connectivity index (χ1n) is 6.53. The Kier molecular flexibility index (Phi) is 2.88. The van der Waals surface area contributed by atoms with E-state index < -0.39 is 5.92 Å². The number of halogens is 2. The van der Waals surface area contributed by atoms with Crippen molar-refractivity contribution in [2.75, 3.05) is 5.32 Å². The van der Waals surface area contributed by atoms with Gasteiger partial charge in [-0.05, 0) is 41.7 Å². The molecule has 1 amide bonds. The number of alkyl halides is 2. The monoisotopic (exact) mass is 263 g/mol. The van der Waals surface area contributed by atoms with Gasteiger partial charge in [-0.25, -0.2) is 8.78 Å². The molecule has 0 aromatic heterocycles. The van der Waals surface area contributed by atoms with E-state index in [0.717, 1.165) is 28.8 Å². The Bertz CT molecular complexity index is 563. The molecule has 100 valence electrons. The fourth-order valence-corrected chi connectivity index (χ4v) is 2.64. The van der Waals surface area contributed by atoms with E-state index in [2.05, 4.69) is 5.32 Å². The van der Waals surface area contributed by atoms with Crippen molar-refractivity contribution in [1.29, 1.82) is 0 Å². The van der Waals surface area contributed by atoms with E-state index in [9.17, 15) is 13.6 Å². The molecule has 0 spiro atoms. The van der Waals surface area contributed by atoms with Gasteiger partial charge >= 0.3 is 0 Å². The molecule has 0 atom stereocenters. The number of hydrogen-bond acceptors (Lipinski definition) is 1. The molecule has 0 radical (unpaired) electrons. The first kappa shape index (κ1) is 12.3. The van der Waals surface area contributed by atoms with Gasteiger partial charge in [0.2, 0.25) is 5.91 Å². The van der Waals surface area contributed by atoms with Gasteiger partial charge in [-0.3, -0.25) is 4.79 Å². The predicted octanol–water partition coefficient (Wildman–Crippen LogP) is 3.77. The zero-order valence-electron chi connectivity index (χ0n) is 10.5. The maximum atomic E-state index is 13.1. The molecule has 4 heteroatoms. The summed E-state index contributed by atoms with van der Waals surface area (Å²) in [5.41, 5.74) is 3.94. The molecule has 0 saturated heterocycles. The van der Waals surface area contributed by atoms with E-state index >= 15 is 0 Å². The first-order chi connectivity index (χ1) is 9.03. The Morgan fingerprint density at radius 1 is 1.16 bits per heavy atom. The molecule has 1 aliphatic carbocycles. The average molecular weight is 263 g/mol. The molecule has 0 bridgehead atoms. The van der Waals surface area contributed by atoms with E-state index in [4.69, 9.17) is 0 Å². The zero-order valence-corrected chi connectivity index (χ0v) is 10.5. The number of allylic oxidation sites excluding steroid dienone is 2. The molecular formula is C15H15F2NO. The highest BCUT2D eigenvalue weighted by atomic mass is 19.3. The Labute approximate surface area is 110 Å². The topological polar surface area (TPSA) is 29.1 Å². The van der Waals surface area contributed by atoms with Gasteiger partial charge in [-0.2, -0.15) is 0 Å². The summed E-state index contributed by atoms with van der Waals surface area (Å²) in [4.78, 5) is 11.3. The lowest BCUT2D eigenvalue weighted by atomic mass is 9.89. The molecule has 19 heavy (non-hydrogen) atoms. The molecule has 0 saturated carbocycles. The van der Waals surface area contributed by atoms with Crippen LogP contribution in [0.4, 0.5) is 14.5 Å². The maximum Gasteiger partial charge on any atom is 0.251 e. The SMILES string of the molecule is O=C1CCc2cc(C3=CCC(F)(F)CC3)ccc2N1. The van der Waals surface area contributed by atoms with Crippen molar-refractivity contribution in [2.24, 2.45) is 0 Å². The first-order valence-corrected chi connectivity index (χ1v) is 6.53. The molecule has 1 aromatic carbocycles. The minimum atomic E-state index is -2.55. The molecular weight excluding hydrogens is 248 g/mol. The summed E-state index contributed by atoms with van der Waals surface area (Å²) in [5.74, 6) is -2.51. The van der Waals surface area contributed by atoms with Gasteiger partial charge in [0.05, 0.1) is 0 Å². The number of rotatable bonds is 1. The Morgan fingerprint density at radius 2 is 2.00 bits per heavy atom. The molecule has 1 heterocycles. The Hall–Kier alpha value is -1.71. The van der Waals surface area contributed by atoms with Gasteiger partial charge in [-0.15, -0.1) is 0 Å². The minimum absolute atomic E-state index is 0.0387. The predicted molar refractivity (Wildman–Crippen MR) is 70.2 cm³/mol. The standard InChI is InChI=1S/C15H15F2NO/c16-15(17)7-5-10(6-8-15)11-1-3-13-12(9-11)2-4-14(19)18-13/h1,3,5,9H,2,4,6-8H2,(H,18,19). The fraction of sp³-hybridized carbons (Fsp3) is 0.400. The highest BCUT2D eigenvalue weighted by Crippen LogP contribution is 2.37. The number of amides is 1. The van der Waals surface area contributed by atoms with Gasteiger partial charge in [0.15, 0.2) is 0 Å². The van der Waals surface area contributed by atoms with Crippen LogP contribution in [0, 0.1) is 0 Å². The van der Waals surface area contributed by atoms with Crippen molar-refractivity contribution in [3.8, 4) is 0 Å². The number of benzene rings is 1. The van der Waals surface area contributed by atoms with Crippen molar-refractivity contribution in [3.05, 3.63) is 35.4 Å². The van der Waals surface area contributed by atoms with Crippen LogP contribution < -0.4 is 5.32 Å². The summed E-state index contributed by atoms with van der Waals surface area (Å²) in [7, 11) is 0. The summed E-state index contributed by atoms with van der Waals surface area (Å²) in [6.07, 6.45) is 3.03. The van der Waals surface area contributed by atoms with Crippen LogP contribution in [-0.4, -0.2) is 11.8 Å². The molecule has 1 N–H and O–H groups in total. The molecule has 3 rings (SSSR count). The number of hydrogen-bond donors (Lipinski definition) is 1. The van der Waals surface area contributed by atoms with E-state index in [0.29, 0.717) is 12.8 Å². The normalized spacial score (nSPS) is 21.4. The number of carbonyl (C=O) groups is 1. The van der Waals surface area contributed by atoms with Gasteiger partial charge in [-0.1, -0.05) is 12.1 Å². The zero-order chi connectivity index (χ0) is 13.5. The molecule has 1 aromatic rings. The van der Waals surface area contributed by atoms with Crippen molar-refractivity contribution < 1.29 is 13.6 Å². The summed E-state index contributed by atoms with van der Waals surface area (Å²) in [5, 5.41) is 2.82. The highest BCUT2D eigenvalue weighted by molar-refractivity contribution is 5.94. The van der Waals surface area contributed by atoms with Crippen LogP contribution in [-0.2, 0) is 11.2 Å². The molecule has 1 aliphatic heterocycles. The van der Waals surface area contributed by atoms with Crippen LogP contribution in [0.25, 0.3) is 5.57 Å². The lowest BCUT2D eigenvalue weighted by molar-refractivity contribution is -0.116. The third-order valence-corrected chi connectivity index (χ3v) is 3.78. The average Bonchev–Trinajstić information content (AvgIpc) is 2.38. The summed E-state index contributed by atoms with van der Waals surface area (Å²) in [6.45, 7) is 0. The van der Waals surface area contributed by atoms with Crippen LogP contribution in [0.2, 0.25) is 0 Å². The van der Waals surface area contributed by atoms with E-state index in [-0.39, 0.29) is 18.7 Å². The van der Waals surface area contributed by atoms with Crippen molar-refractivity contribution in [1.82, 2.24) is 0 Å². The molecule has 0 unspecified atom stereocenters. The van der Waals surface area contributed by atoms with Gasteiger partial charge in [0.1, 0.15) is 0 Å². The lowest BCUT2D eigenvalue weighted by Gasteiger charge is -2.23. The minimum Gasteiger partial charge on any atom is -0.326 e. The van der Waals surface area contributed by atoms with Gasteiger partial charge in [0.25, 0.3) is 5.92 Å². The van der Waals surface area contributed by atoms with Crippen LogP contribution in [0.3, 0.4) is 0 Å². The second kappa shape index (κ2) is 4.44. The van der Waals surface area contributed by atoms with E-state index in [1.165, 1.54) is 0 Å². The summed E-state index contributed by atoms with van der Waals surface area (Å²) >= 11 is 0. The van der Waals surface area contributed by atoms with Crippen LogP contribution >= 0.6 is 0 Å². The van der Waals surface area contributed by atoms with Crippen LogP contribution in [0.15, 0.2) is 24.3 Å². The molecule has 0 fully saturated rings. The Morgan fingerprint density at radius 3 is 2.74 bits per heavy atom. The number of anilines is 1.